The van der Waals surface area contributed by atoms with Crippen LogP contribution in [-0.2, 0) is 0 Å². The molecule has 3 nitrogen and oxygen atoms in total. The van der Waals surface area contributed by atoms with Gasteiger partial charge in [0.25, 0.3) is 0 Å². The standard InChI is InChI=1S/C11H7ClN2O/c12-7-5-10(15-6-7)11-13-8-3-1-2-4-9(8)14-11/h1-6H,(H,13,14). The van der Waals surface area contributed by atoms with Crippen molar-refractivity contribution in [3.63, 3.8) is 0 Å². The number of aromatic nitrogens is 2. The summed E-state index contributed by atoms with van der Waals surface area (Å²) in [5.41, 5.74) is 1.90. The number of hydrogen-bond acceptors (Lipinski definition) is 2. The molecule has 0 spiro atoms. The topological polar surface area (TPSA) is 41.8 Å². The molecule has 0 saturated heterocycles. The normalized spacial score (nSPS) is 11.0. The third-order valence-electron chi connectivity index (χ3n) is 2.19. The lowest BCUT2D eigenvalue weighted by Crippen LogP contribution is -1.74. The fourth-order valence-corrected chi connectivity index (χ4v) is 1.65. The Kier molecular flexibility index (Phi) is 1.79. The van der Waals surface area contributed by atoms with Crippen molar-refractivity contribution >= 4 is 22.6 Å². The van der Waals surface area contributed by atoms with Crippen LogP contribution >= 0.6 is 11.6 Å². The predicted octanol–water partition coefficient (Wildman–Crippen LogP) is 3.48. The highest BCUT2D eigenvalue weighted by Crippen LogP contribution is 2.24. The zero-order valence-electron chi connectivity index (χ0n) is 7.70. The minimum Gasteiger partial charge on any atom is -0.459 e. The highest BCUT2D eigenvalue weighted by Gasteiger charge is 2.08. The molecule has 3 aromatic rings. The van der Waals surface area contributed by atoms with Gasteiger partial charge < -0.3 is 9.40 Å². The minimum absolute atomic E-state index is 0.574. The highest BCUT2D eigenvalue weighted by atomic mass is 35.5. The SMILES string of the molecule is Clc1coc(-c2nc3ccccc3[nH]2)c1. The molecule has 74 valence electrons. The van der Waals surface area contributed by atoms with Crippen molar-refractivity contribution < 1.29 is 4.42 Å². The lowest BCUT2D eigenvalue weighted by Gasteiger charge is -1.85. The van der Waals surface area contributed by atoms with Gasteiger partial charge in [0, 0.05) is 6.07 Å². The van der Waals surface area contributed by atoms with Crippen LogP contribution in [0.3, 0.4) is 0 Å². The first-order chi connectivity index (χ1) is 7.33. The number of para-hydroxylation sites is 2. The Bertz CT molecular complexity index is 579. The molecule has 0 amide bonds. The lowest BCUT2D eigenvalue weighted by molar-refractivity contribution is 0.578. The number of nitrogens with one attached hydrogen (secondary N) is 1. The molecule has 0 fully saturated rings. The monoisotopic (exact) mass is 218 g/mol. The molecule has 0 atom stereocenters. The summed E-state index contributed by atoms with van der Waals surface area (Å²) < 4.78 is 5.25. The van der Waals surface area contributed by atoms with Gasteiger partial charge in [0.05, 0.1) is 16.1 Å². The summed E-state index contributed by atoms with van der Waals surface area (Å²) in [7, 11) is 0. The Morgan fingerprint density at radius 1 is 1.27 bits per heavy atom. The number of halogens is 1. The van der Waals surface area contributed by atoms with Gasteiger partial charge in [-0.25, -0.2) is 4.98 Å². The van der Waals surface area contributed by atoms with E-state index in [1.807, 2.05) is 24.3 Å². The van der Waals surface area contributed by atoms with Crippen LogP contribution in [0, 0.1) is 0 Å². The van der Waals surface area contributed by atoms with E-state index in [0.29, 0.717) is 16.6 Å². The van der Waals surface area contributed by atoms with E-state index in [2.05, 4.69) is 9.97 Å². The van der Waals surface area contributed by atoms with Crippen LogP contribution in [0.2, 0.25) is 5.02 Å². The van der Waals surface area contributed by atoms with E-state index < -0.39 is 0 Å². The van der Waals surface area contributed by atoms with Gasteiger partial charge in [-0.3, -0.25) is 0 Å². The van der Waals surface area contributed by atoms with Gasteiger partial charge in [-0.15, -0.1) is 0 Å². The Labute approximate surface area is 90.7 Å². The van der Waals surface area contributed by atoms with E-state index in [9.17, 15) is 0 Å². The molecule has 2 heterocycles. The van der Waals surface area contributed by atoms with Crippen molar-refractivity contribution in [1.82, 2.24) is 9.97 Å². The molecular weight excluding hydrogens is 212 g/mol. The van der Waals surface area contributed by atoms with Crippen molar-refractivity contribution in [2.75, 3.05) is 0 Å². The number of furan rings is 1. The molecule has 0 aliphatic heterocycles. The van der Waals surface area contributed by atoms with Crippen LogP contribution in [0.1, 0.15) is 0 Å². The largest absolute Gasteiger partial charge is 0.459 e. The zero-order valence-corrected chi connectivity index (χ0v) is 8.45. The Hall–Kier alpha value is -1.74. The Balaban J connectivity index is 2.19. The summed E-state index contributed by atoms with van der Waals surface area (Å²) in [4.78, 5) is 7.55. The summed E-state index contributed by atoms with van der Waals surface area (Å²) in [6, 6.07) is 9.55. The second-order valence-electron chi connectivity index (χ2n) is 3.23. The molecule has 1 N–H and O–H groups in total. The molecule has 0 saturated carbocycles. The third kappa shape index (κ3) is 1.41. The Morgan fingerprint density at radius 2 is 2.13 bits per heavy atom. The molecule has 3 rings (SSSR count). The van der Waals surface area contributed by atoms with Gasteiger partial charge in [0.2, 0.25) is 0 Å². The fourth-order valence-electron chi connectivity index (χ4n) is 1.51. The maximum Gasteiger partial charge on any atom is 0.174 e. The van der Waals surface area contributed by atoms with Crippen molar-refractivity contribution in [1.29, 1.82) is 0 Å². The van der Waals surface area contributed by atoms with E-state index in [1.165, 1.54) is 6.26 Å². The number of hydrogen-bond donors (Lipinski definition) is 1. The molecular formula is C11H7ClN2O. The summed E-state index contributed by atoms with van der Waals surface area (Å²) >= 11 is 5.77. The molecule has 0 aliphatic carbocycles. The maximum absolute atomic E-state index is 5.77. The minimum atomic E-state index is 0.574. The first-order valence-electron chi connectivity index (χ1n) is 4.52. The van der Waals surface area contributed by atoms with Crippen molar-refractivity contribution in [2.45, 2.75) is 0 Å². The summed E-state index contributed by atoms with van der Waals surface area (Å²) in [6.45, 7) is 0. The predicted molar refractivity (Wildman–Crippen MR) is 58.8 cm³/mol. The van der Waals surface area contributed by atoms with Crippen LogP contribution in [0.5, 0.6) is 0 Å². The van der Waals surface area contributed by atoms with Gasteiger partial charge in [0.1, 0.15) is 6.26 Å². The van der Waals surface area contributed by atoms with Gasteiger partial charge >= 0.3 is 0 Å². The van der Waals surface area contributed by atoms with Crippen LogP contribution in [0.25, 0.3) is 22.6 Å². The van der Waals surface area contributed by atoms with Crippen LogP contribution < -0.4 is 0 Å². The number of rotatable bonds is 1. The fraction of sp³-hybridized carbons (Fsp3) is 0. The first kappa shape index (κ1) is 8.56. The average Bonchev–Trinajstić information content (AvgIpc) is 2.82. The molecule has 0 unspecified atom stereocenters. The number of imidazole rings is 1. The second-order valence-corrected chi connectivity index (χ2v) is 3.67. The van der Waals surface area contributed by atoms with E-state index in [1.54, 1.807) is 6.07 Å². The molecule has 15 heavy (non-hydrogen) atoms. The van der Waals surface area contributed by atoms with Gasteiger partial charge in [-0.2, -0.15) is 0 Å². The van der Waals surface area contributed by atoms with Crippen molar-refractivity contribution in [2.24, 2.45) is 0 Å². The number of aromatic amines is 1. The van der Waals surface area contributed by atoms with Gasteiger partial charge in [0.15, 0.2) is 11.6 Å². The highest BCUT2D eigenvalue weighted by molar-refractivity contribution is 6.30. The van der Waals surface area contributed by atoms with Crippen molar-refractivity contribution in [3.05, 3.63) is 41.6 Å². The quantitative estimate of drug-likeness (QED) is 0.680. The van der Waals surface area contributed by atoms with E-state index in [4.69, 9.17) is 16.0 Å². The lowest BCUT2D eigenvalue weighted by atomic mass is 10.3. The number of fused-ring (bicyclic) bond motifs is 1. The van der Waals surface area contributed by atoms with E-state index >= 15 is 0 Å². The summed E-state index contributed by atoms with van der Waals surface area (Å²) in [5.74, 6) is 1.35. The molecule has 4 heteroatoms. The molecule has 0 bridgehead atoms. The van der Waals surface area contributed by atoms with E-state index in [0.717, 1.165) is 11.0 Å². The van der Waals surface area contributed by atoms with Crippen LogP contribution in [0.15, 0.2) is 41.0 Å². The summed E-state index contributed by atoms with van der Waals surface area (Å²) in [6.07, 6.45) is 1.49. The maximum atomic E-state index is 5.77. The number of benzene rings is 1. The van der Waals surface area contributed by atoms with Crippen molar-refractivity contribution in [3.8, 4) is 11.6 Å². The molecule has 0 radical (unpaired) electrons. The van der Waals surface area contributed by atoms with Crippen LogP contribution in [-0.4, -0.2) is 9.97 Å². The number of H-pyrrole nitrogens is 1. The van der Waals surface area contributed by atoms with Crippen LogP contribution in [0.4, 0.5) is 0 Å². The average molecular weight is 219 g/mol. The Morgan fingerprint density at radius 3 is 2.87 bits per heavy atom. The zero-order chi connectivity index (χ0) is 10.3. The van der Waals surface area contributed by atoms with E-state index in [-0.39, 0.29) is 0 Å². The molecule has 2 aromatic heterocycles. The van der Waals surface area contributed by atoms with Gasteiger partial charge in [-0.05, 0) is 12.1 Å². The number of nitrogens with zero attached hydrogens (tertiary/aromatic N) is 1. The molecule has 0 aliphatic rings. The third-order valence-corrected chi connectivity index (χ3v) is 2.39. The first-order valence-corrected chi connectivity index (χ1v) is 4.90. The smallest absolute Gasteiger partial charge is 0.174 e. The molecule has 1 aromatic carbocycles. The summed E-state index contributed by atoms with van der Waals surface area (Å²) in [5, 5.41) is 0.574. The van der Waals surface area contributed by atoms with Gasteiger partial charge in [-0.1, -0.05) is 23.7 Å². The second kappa shape index (κ2) is 3.14.